The van der Waals surface area contributed by atoms with Crippen LogP contribution in [0, 0.1) is 5.82 Å². The molecule has 2 N–H and O–H groups in total. The van der Waals surface area contributed by atoms with Crippen molar-refractivity contribution < 1.29 is 14.0 Å². The van der Waals surface area contributed by atoms with Gasteiger partial charge in [-0.2, -0.15) is 0 Å². The summed E-state index contributed by atoms with van der Waals surface area (Å²) in [4.78, 5) is 24.3. The Kier molecular flexibility index (Phi) is 4.10. The van der Waals surface area contributed by atoms with Gasteiger partial charge in [-0.25, -0.2) is 4.39 Å². The second-order valence-electron chi connectivity index (χ2n) is 5.58. The average Bonchev–Trinajstić information content (AvgIpc) is 2.54. The minimum absolute atomic E-state index is 0.0531. The van der Waals surface area contributed by atoms with Gasteiger partial charge in [-0.15, -0.1) is 0 Å². The van der Waals surface area contributed by atoms with Gasteiger partial charge in [0.25, 0.3) is 0 Å². The summed E-state index contributed by atoms with van der Waals surface area (Å²) in [5.74, 6) is -1.62. The number of amides is 2. The first kappa shape index (κ1) is 15.2. The third-order valence-electron chi connectivity index (χ3n) is 4.00. The minimum atomic E-state index is -0.620. The van der Waals surface area contributed by atoms with Gasteiger partial charge in [-0.05, 0) is 41.8 Å². The van der Waals surface area contributed by atoms with Crippen molar-refractivity contribution in [2.24, 2.45) is 0 Å². The lowest BCUT2D eigenvalue weighted by Gasteiger charge is -2.25. The fourth-order valence-corrected chi connectivity index (χ4v) is 2.72. The second kappa shape index (κ2) is 6.20. The predicted octanol–water partition coefficient (Wildman–Crippen LogP) is 3.45. The maximum absolute atomic E-state index is 13.3. The van der Waals surface area contributed by atoms with Crippen LogP contribution < -0.4 is 10.6 Å². The molecule has 0 spiro atoms. The number of rotatable bonds is 3. The van der Waals surface area contributed by atoms with E-state index in [0.29, 0.717) is 16.9 Å². The Morgan fingerprint density at radius 1 is 1.26 bits per heavy atom. The van der Waals surface area contributed by atoms with Crippen LogP contribution in [0.5, 0.6) is 0 Å². The predicted molar refractivity (Wildman–Crippen MR) is 86.8 cm³/mol. The topological polar surface area (TPSA) is 58.2 Å². The molecule has 2 aromatic carbocycles. The normalized spacial score (nSPS) is 16.4. The molecule has 0 unspecified atom stereocenters. The molecule has 0 aromatic heterocycles. The van der Waals surface area contributed by atoms with E-state index in [9.17, 15) is 14.0 Å². The highest BCUT2D eigenvalue weighted by molar-refractivity contribution is 6.05. The summed E-state index contributed by atoms with van der Waals surface area (Å²) in [6, 6.07) is 11.7. The maximum atomic E-state index is 13.3. The second-order valence-corrected chi connectivity index (χ2v) is 5.58. The molecular weight excluding hydrogens is 295 g/mol. The van der Waals surface area contributed by atoms with Gasteiger partial charge in [0.1, 0.15) is 5.82 Å². The first-order valence-electron chi connectivity index (χ1n) is 7.56. The van der Waals surface area contributed by atoms with E-state index in [1.165, 1.54) is 17.7 Å². The number of carbonyl (C=O) groups excluding carboxylic acids is 2. The number of nitrogens with one attached hydrogen (secondary N) is 2. The Balaban J connectivity index is 1.83. The van der Waals surface area contributed by atoms with Crippen LogP contribution >= 0.6 is 0 Å². The van der Waals surface area contributed by atoms with E-state index in [4.69, 9.17) is 0 Å². The summed E-state index contributed by atoms with van der Waals surface area (Å²) >= 11 is 0. The van der Waals surface area contributed by atoms with Crippen molar-refractivity contribution in [3.63, 3.8) is 0 Å². The zero-order valence-corrected chi connectivity index (χ0v) is 12.7. The van der Waals surface area contributed by atoms with Gasteiger partial charge in [0.2, 0.25) is 11.8 Å². The molecule has 1 aliphatic heterocycles. The summed E-state index contributed by atoms with van der Waals surface area (Å²) < 4.78 is 13.3. The summed E-state index contributed by atoms with van der Waals surface area (Å²) in [7, 11) is 0. The molecule has 0 aliphatic carbocycles. The third kappa shape index (κ3) is 3.23. The van der Waals surface area contributed by atoms with E-state index in [1.54, 1.807) is 6.07 Å². The number of hydrogen-bond donors (Lipinski definition) is 2. The van der Waals surface area contributed by atoms with Crippen LogP contribution in [0.1, 0.15) is 30.4 Å². The average molecular weight is 312 g/mol. The molecule has 0 saturated heterocycles. The SMILES string of the molecule is CCc1ccc(NC(=O)[C@H]2CC(=O)Nc3cc(F)ccc32)cc1. The highest BCUT2D eigenvalue weighted by atomic mass is 19.1. The van der Waals surface area contributed by atoms with E-state index in [1.807, 2.05) is 24.3 Å². The van der Waals surface area contributed by atoms with Gasteiger partial charge in [-0.3, -0.25) is 9.59 Å². The molecule has 0 fully saturated rings. The monoisotopic (exact) mass is 312 g/mol. The fourth-order valence-electron chi connectivity index (χ4n) is 2.72. The highest BCUT2D eigenvalue weighted by Gasteiger charge is 2.30. The molecule has 1 atom stereocenters. The standard InChI is InChI=1S/C18H17FN2O2/c1-2-11-3-6-13(7-4-11)20-18(23)15-10-17(22)21-16-9-12(19)5-8-14(15)16/h3-9,15H,2,10H2,1H3,(H,20,23)(H,21,22)/t15-/m0/s1. The van der Waals surface area contributed by atoms with Gasteiger partial charge in [0.15, 0.2) is 0 Å². The number of aryl methyl sites for hydroxylation is 1. The van der Waals surface area contributed by atoms with E-state index >= 15 is 0 Å². The highest BCUT2D eigenvalue weighted by Crippen LogP contribution is 2.33. The molecule has 4 nitrogen and oxygen atoms in total. The Morgan fingerprint density at radius 3 is 2.70 bits per heavy atom. The molecule has 0 saturated carbocycles. The zero-order chi connectivity index (χ0) is 16.4. The van der Waals surface area contributed by atoms with E-state index in [0.717, 1.165) is 6.42 Å². The molecule has 5 heteroatoms. The van der Waals surface area contributed by atoms with E-state index in [2.05, 4.69) is 17.6 Å². The summed E-state index contributed by atoms with van der Waals surface area (Å²) in [6.07, 6.45) is 0.980. The van der Waals surface area contributed by atoms with Gasteiger partial charge < -0.3 is 10.6 Å². The van der Waals surface area contributed by atoms with Crippen molar-refractivity contribution in [1.82, 2.24) is 0 Å². The number of anilines is 2. The lowest BCUT2D eigenvalue weighted by Crippen LogP contribution is -2.30. The Hall–Kier alpha value is -2.69. The van der Waals surface area contributed by atoms with Crippen LogP contribution in [-0.2, 0) is 16.0 Å². The van der Waals surface area contributed by atoms with Crippen LogP contribution in [0.3, 0.4) is 0 Å². The Bertz CT molecular complexity index is 756. The van der Waals surface area contributed by atoms with Crippen LogP contribution in [-0.4, -0.2) is 11.8 Å². The first-order chi connectivity index (χ1) is 11.1. The number of carbonyl (C=O) groups is 2. The van der Waals surface area contributed by atoms with E-state index < -0.39 is 11.7 Å². The lowest BCUT2D eigenvalue weighted by molar-refractivity contribution is -0.123. The molecular formula is C18H17FN2O2. The van der Waals surface area contributed by atoms with Gasteiger partial charge >= 0.3 is 0 Å². The number of hydrogen-bond acceptors (Lipinski definition) is 2. The van der Waals surface area contributed by atoms with Crippen LogP contribution in [0.4, 0.5) is 15.8 Å². The molecule has 1 heterocycles. The Morgan fingerprint density at radius 2 is 2.00 bits per heavy atom. The molecule has 23 heavy (non-hydrogen) atoms. The number of halogens is 1. The summed E-state index contributed by atoms with van der Waals surface area (Å²) in [5.41, 5.74) is 2.86. The van der Waals surface area contributed by atoms with Crippen molar-refractivity contribution in [3.8, 4) is 0 Å². The van der Waals surface area contributed by atoms with Crippen LogP contribution in [0.15, 0.2) is 42.5 Å². The first-order valence-corrected chi connectivity index (χ1v) is 7.56. The molecule has 0 radical (unpaired) electrons. The third-order valence-corrected chi connectivity index (χ3v) is 4.00. The fraction of sp³-hybridized carbons (Fsp3) is 0.222. The molecule has 118 valence electrons. The molecule has 3 rings (SSSR count). The van der Waals surface area contributed by atoms with Crippen molar-refractivity contribution in [2.75, 3.05) is 10.6 Å². The van der Waals surface area contributed by atoms with E-state index in [-0.39, 0.29) is 18.2 Å². The molecule has 0 bridgehead atoms. The van der Waals surface area contributed by atoms with Crippen molar-refractivity contribution in [1.29, 1.82) is 0 Å². The van der Waals surface area contributed by atoms with Gasteiger partial charge in [0.05, 0.1) is 5.92 Å². The molecule has 2 aromatic rings. The number of benzene rings is 2. The summed E-state index contributed by atoms with van der Waals surface area (Å²) in [6.45, 7) is 2.06. The molecule has 2 amide bonds. The minimum Gasteiger partial charge on any atom is -0.326 e. The van der Waals surface area contributed by atoms with Crippen LogP contribution in [0.2, 0.25) is 0 Å². The van der Waals surface area contributed by atoms with Crippen LogP contribution in [0.25, 0.3) is 0 Å². The Labute approximate surface area is 133 Å². The maximum Gasteiger partial charge on any atom is 0.232 e. The lowest BCUT2D eigenvalue weighted by atomic mass is 9.89. The smallest absolute Gasteiger partial charge is 0.232 e. The van der Waals surface area contributed by atoms with Crippen molar-refractivity contribution in [3.05, 3.63) is 59.4 Å². The zero-order valence-electron chi connectivity index (χ0n) is 12.7. The van der Waals surface area contributed by atoms with Gasteiger partial charge in [0, 0.05) is 17.8 Å². The quantitative estimate of drug-likeness (QED) is 0.912. The summed E-state index contributed by atoms with van der Waals surface area (Å²) in [5, 5.41) is 5.43. The van der Waals surface area contributed by atoms with Crippen molar-refractivity contribution >= 4 is 23.2 Å². The molecule has 1 aliphatic rings. The van der Waals surface area contributed by atoms with Crippen molar-refractivity contribution in [2.45, 2.75) is 25.7 Å². The van der Waals surface area contributed by atoms with Gasteiger partial charge in [-0.1, -0.05) is 25.1 Å². The number of fused-ring (bicyclic) bond motifs is 1. The largest absolute Gasteiger partial charge is 0.326 e.